The Kier molecular flexibility index (Phi) is 9.50. The van der Waals surface area contributed by atoms with Gasteiger partial charge in [-0.05, 0) is 66.3 Å². The first-order valence-corrected chi connectivity index (χ1v) is 13.1. The zero-order valence-electron chi connectivity index (χ0n) is 22.3. The van der Waals surface area contributed by atoms with Crippen LogP contribution in [0.5, 0.6) is 0 Å². The number of pyridine rings is 2. The fourth-order valence-electron chi connectivity index (χ4n) is 4.93. The number of likely N-dealkylation sites (tertiary alicyclic amines) is 1. The Bertz CT molecular complexity index is 1430. The van der Waals surface area contributed by atoms with Gasteiger partial charge in [0.15, 0.2) is 0 Å². The van der Waals surface area contributed by atoms with Gasteiger partial charge in [-0.15, -0.1) is 0 Å². The Labute approximate surface area is 239 Å². The van der Waals surface area contributed by atoms with Crippen LogP contribution in [0, 0.1) is 5.92 Å². The van der Waals surface area contributed by atoms with Crippen molar-refractivity contribution in [3.63, 3.8) is 0 Å². The number of nitrogens with one attached hydrogen (secondary N) is 2. The number of halogens is 3. The van der Waals surface area contributed by atoms with Crippen molar-refractivity contribution >= 4 is 29.4 Å². The summed E-state index contributed by atoms with van der Waals surface area (Å²) in [6, 6.07) is 14.7. The summed E-state index contributed by atoms with van der Waals surface area (Å²) < 4.78 is 31.7. The van der Waals surface area contributed by atoms with Gasteiger partial charge in [-0.1, -0.05) is 12.1 Å². The second-order valence-corrected chi connectivity index (χ2v) is 9.83. The topological polar surface area (TPSA) is 142 Å². The van der Waals surface area contributed by atoms with E-state index in [1.807, 2.05) is 41.3 Å². The summed E-state index contributed by atoms with van der Waals surface area (Å²) in [5.74, 6) is -3.12. The summed E-state index contributed by atoms with van der Waals surface area (Å²) >= 11 is 0. The van der Waals surface area contributed by atoms with Gasteiger partial charge in [0.05, 0.1) is 12.3 Å². The van der Waals surface area contributed by atoms with Crippen LogP contribution in [0.25, 0.3) is 0 Å². The predicted octanol–water partition coefficient (Wildman–Crippen LogP) is 3.56. The van der Waals surface area contributed by atoms with Gasteiger partial charge in [-0.2, -0.15) is 13.2 Å². The summed E-state index contributed by atoms with van der Waals surface area (Å²) in [6.07, 6.45) is 1.78. The van der Waals surface area contributed by atoms with Gasteiger partial charge in [0.25, 0.3) is 5.91 Å². The van der Waals surface area contributed by atoms with E-state index >= 15 is 0 Å². The molecule has 0 saturated carbocycles. The summed E-state index contributed by atoms with van der Waals surface area (Å²) in [5.41, 5.74) is 3.83. The van der Waals surface area contributed by atoms with Gasteiger partial charge in [-0.25, -0.2) is 4.79 Å². The van der Waals surface area contributed by atoms with E-state index in [0.717, 1.165) is 35.3 Å². The lowest BCUT2D eigenvalue weighted by atomic mass is 9.80. The first-order valence-electron chi connectivity index (χ1n) is 13.1. The highest BCUT2D eigenvalue weighted by atomic mass is 19.4. The van der Waals surface area contributed by atoms with E-state index in [0.29, 0.717) is 25.2 Å². The number of aliphatic carboxylic acids is 1. The molecule has 1 fully saturated rings. The van der Waals surface area contributed by atoms with Crippen molar-refractivity contribution in [1.82, 2.24) is 20.2 Å². The number of benzene rings is 1. The lowest BCUT2D eigenvalue weighted by molar-refractivity contribution is -0.192. The number of carbonyl (C=O) groups excluding carboxylic acids is 3. The van der Waals surface area contributed by atoms with E-state index in [1.54, 1.807) is 30.7 Å². The zero-order valence-corrected chi connectivity index (χ0v) is 22.3. The van der Waals surface area contributed by atoms with Crippen molar-refractivity contribution < 1.29 is 37.5 Å². The summed E-state index contributed by atoms with van der Waals surface area (Å²) in [6.45, 7) is 1.61. The van der Waals surface area contributed by atoms with E-state index < -0.39 is 12.1 Å². The number of carboxylic acids is 1. The normalized spacial score (nSPS) is 16.5. The highest BCUT2D eigenvalue weighted by Crippen LogP contribution is 2.42. The first-order chi connectivity index (χ1) is 20.0. The van der Waals surface area contributed by atoms with Crippen molar-refractivity contribution in [2.45, 2.75) is 37.9 Å². The lowest BCUT2D eigenvalue weighted by Gasteiger charge is -2.34. The third-order valence-corrected chi connectivity index (χ3v) is 7.03. The molecule has 1 saturated heterocycles. The Morgan fingerprint density at radius 3 is 2.40 bits per heavy atom. The number of piperidine rings is 1. The molecule has 3 aromatic rings. The minimum absolute atomic E-state index is 0.0359. The maximum Gasteiger partial charge on any atom is 0.490 e. The van der Waals surface area contributed by atoms with Gasteiger partial charge < -0.3 is 20.6 Å². The van der Waals surface area contributed by atoms with Gasteiger partial charge in [0.1, 0.15) is 0 Å². The molecule has 4 heterocycles. The number of carbonyl (C=O) groups is 4. The number of aromatic nitrogens is 2. The van der Waals surface area contributed by atoms with Crippen molar-refractivity contribution in [3.05, 3.63) is 89.5 Å². The fraction of sp³-hybridized carbons (Fsp3) is 0.310. The van der Waals surface area contributed by atoms with Crippen molar-refractivity contribution in [1.29, 1.82) is 0 Å². The molecule has 0 bridgehead atoms. The van der Waals surface area contributed by atoms with Crippen molar-refractivity contribution in [3.8, 4) is 0 Å². The molecule has 1 atom stereocenters. The maximum atomic E-state index is 12.9. The molecule has 10 nitrogen and oxygen atoms in total. The number of hydrogen-bond donors (Lipinski definition) is 3. The van der Waals surface area contributed by atoms with Gasteiger partial charge in [0, 0.05) is 55.2 Å². The summed E-state index contributed by atoms with van der Waals surface area (Å²) in [5, 5.41) is 13.0. The number of hydrogen-bond acceptors (Lipinski definition) is 6. The number of fused-ring (bicyclic) bond motifs is 1. The third kappa shape index (κ3) is 7.68. The zero-order chi connectivity index (χ0) is 30.3. The molecular weight excluding hydrogens is 555 g/mol. The highest BCUT2D eigenvalue weighted by Gasteiger charge is 2.39. The van der Waals surface area contributed by atoms with Crippen LogP contribution in [-0.2, 0) is 27.3 Å². The van der Waals surface area contributed by atoms with E-state index in [9.17, 15) is 27.6 Å². The summed E-state index contributed by atoms with van der Waals surface area (Å²) in [7, 11) is 0. The molecule has 1 unspecified atom stereocenters. The number of anilines is 1. The molecule has 3 amide bonds. The second kappa shape index (κ2) is 13.2. The molecule has 2 aromatic heterocycles. The van der Waals surface area contributed by atoms with Crippen LogP contribution in [0.1, 0.15) is 45.9 Å². The number of carboxylic acid groups (broad SMARTS) is 1. The minimum Gasteiger partial charge on any atom is -0.475 e. The number of alkyl halides is 3. The number of rotatable bonds is 6. The average Bonchev–Trinajstić information content (AvgIpc) is 3.31. The van der Waals surface area contributed by atoms with Crippen LogP contribution in [0.4, 0.5) is 18.9 Å². The smallest absolute Gasteiger partial charge is 0.475 e. The van der Waals surface area contributed by atoms with Gasteiger partial charge >= 0.3 is 12.1 Å². The van der Waals surface area contributed by atoms with Crippen LogP contribution in [0.3, 0.4) is 0 Å². The largest absolute Gasteiger partial charge is 0.490 e. The molecule has 5 rings (SSSR count). The van der Waals surface area contributed by atoms with E-state index in [-0.39, 0.29) is 36.0 Å². The van der Waals surface area contributed by atoms with Crippen molar-refractivity contribution in [2.75, 3.05) is 18.4 Å². The molecule has 13 heteroatoms. The Hall–Kier alpha value is -4.81. The molecular formula is C29H28F3N5O5. The molecule has 0 radical (unpaired) electrons. The Morgan fingerprint density at radius 2 is 1.79 bits per heavy atom. The van der Waals surface area contributed by atoms with E-state index in [4.69, 9.17) is 9.90 Å². The standard InChI is InChI=1S/C27H27N5O3.C2HF3O2/c33-24(15-21-5-1-2-11-29-21)32-12-8-19(9-13-32)25-22-14-20(6-7-23(22)31-27(25)35)26(34)30-17-18-4-3-10-28-16-18;3-2(4,5)1(6)7/h1-7,10-11,14,16,19,25H,8-9,12-13,15,17H2,(H,30,34)(H,31,35);(H,6,7). The van der Waals surface area contributed by atoms with Crippen LogP contribution in [-0.4, -0.2) is 62.9 Å². The summed E-state index contributed by atoms with van der Waals surface area (Å²) in [4.78, 5) is 57.4. The quantitative estimate of drug-likeness (QED) is 0.403. The fourth-order valence-corrected chi connectivity index (χ4v) is 4.93. The molecule has 2 aliphatic heterocycles. The van der Waals surface area contributed by atoms with Crippen LogP contribution < -0.4 is 10.6 Å². The molecule has 0 spiro atoms. The molecule has 42 heavy (non-hydrogen) atoms. The SMILES string of the molecule is O=C(NCc1cccnc1)c1ccc2c(c1)C(C1CCN(C(=O)Cc3ccccn3)CC1)C(=O)N2.O=C(O)C(F)(F)F. The maximum absolute atomic E-state index is 12.9. The molecule has 0 aliphatic carbocycles. The monoisotopic (exact) mass is 583 g/mol. The lowest BCUT2D eigenvalue weighted by Crippen LogP contribution is -2.41. The van der Waals surface area contributed by atoms with Crippen LogP contribution >= 0.6 is 0 Å². The minimum atomic E-state index is -5.08. The Morgan fingerprint density at radius 1 is 1.05 bits per heavy atom. The van der Waals surface area contributed by atoms with E-state index in [1.165, 1.54) is 0 Å². The van der Waals surface area contributed by atoms with Gasteiger partial charge in [0.2, 0.25) is 11.8 Å². The number of nitrogens with zero attached hydrogens (tertiary/aromatic N) is 3. The average molecular weight is 584 g/mol. The first kappa shape index (κ1) is 30.2. The van der Waals surface area contributed by atoms with Crippen LogP contribution in [0.15, 0.2) is 67.1 Å². The molecule has 220 valence electrons. The molecule has 1 aromatic carbocycles. The Balaban J connectivity index is 0.000000517. The number of amides is 3. The van der Waals surface area contributed by atoms with Crippen molar-refractivity contribution in [2.24, 2.45) is 5.92 Å². The molecule has 2 aliphatic rings. The molecule has 3 N–H and O–H groups in total. The van der Waals surface area contributed by atoms with E-state index in [2.05, 4.69) is 20.6 Å². The third-order valence-electron chi connectivity index (χ3n) is 7.03. The predicted molar refractivity (Wildman–Crippen MR) is 144 cm³/mol. The second-order valence-electron chi connectivity index (χ2n) is 9.83. The highest BCUT2D eigenvalue weighted by molar-refractivity contribution is 6.04. The van der Waals surface area contributed by atoms with Crippen LogP contribution in [0.2, 0.25) is 0 Å². The van der Waals surface area contributed by atoms with Gasteiger partial charge in [-0.3, -0.25) is 24.4 Å².